The minimum atomic E-state index is -0.290. The maximum Gasteiger partial charge on any atom is 0.193 e. The third-order valence-electron chi connectivity index (χ3n) is 15.6. The quantitative estimate of drug-likeness (QED) is 0.180. The van der Waals surface area contributed by atoms with Crippen molar-refractivity contribution in [3.63, 3.8) is 0 Å². The number of aryl methyl sites for hydroxylation is 1. The van der Waals surface area contributed by atoms with Crippen molar-refractivity contribution in [2.45, 2.75) is 77.6 Å². The second-order valence-corrected chi connectivity index (χ2v) is 20.7. The summed E-state index contributed by atoms with van der Waals surface area (Å²) in [6, 6.07) is 54.2. The molecule has 0 atom stereocenters. The molecule has 0 amide bonds. The summed E-state index contributed by atoms with van der Waals surface area (Å²) < 4.78 is 7.01. The summed E-state index contributed by atoms with van der Waals surface area (Å²) in [5.41, 5.74) is 21.8. The topological polar surface area (TPSA) is 32.2 Å². The van der Waals surface area contributed by atoms with Gasteiger partial charge in [-0.3, -0.25) is 0 Å². The first-order valence-electron chi connectivity index (χ1n) is 23.1. The first-order chi connectivity index (χ1) is 30.9. The molecule has 8 aromatic carbocycles. The van der Waals surface area contributed by atoms with E-state index in [4.69, 9.17) is 4.42 Å². The number of para-hydroxylation sites is 2. The van der Waals surface area contributed by atoms with Crippen molar-refractivity contribution in [3.8, 4) is 22.3 Å². The lowest BCUT2D eigenvalue weighted by molar-refractivity contribution is 0.331. The molecule has 4 heteroatoms. The van der Waals surface area contributed by atoms with Crippen LogP contribution >= 0.6 is 0 Å². The Morgan fingerprint density at radius 3 is 2.06 bits per heavy atom. The van der Waals surface area contributed by atoms with Gasteiger partial charge in [0.15, 0.2) is 7.28 Å². The highest BCUT2D eigenvalue weighted by atomic mass is 16.3. The smallest absolute Gasteiger partial charge is 0.193 e. The number of anilines is 2. The highest BCUT2D eigenvalue weighted by molar-refractivity contribution is 6.69. The van der Waals surface area contributed by atoms with Gasteiger partial charge in [-0.2, -0.15) is 0 Å². The maximum atomic E-state index is 7.01. The Morgan fingerprint density at radius 2 is 1.25 bits per heavy atom. The predicted octanol–water partition coefficient (Wildman–Crippen LogP) is 15.5. The molecular weight excluding hydrogens is 775 g/mol. The van der Waals surface area contributed by atoms with Gasteiger partial charge in [0.05, 0.1) is 16.7 Å². The Kier molecular flexibility index (Phi) is 7.62. The van der Waals surface area contributed by atoms with Crippen LogP contribution in [-0.4, -0.2) is 12.3 Å². The van der Waals surface area contributed by atoms with Crippen molar-refractivity contribution in [2.75, 3.05) is 4.90 Å². The third-order valence-corrected chi connectivity index (χ3v) is 15.6. The van der Waals surface area contributed by atoms with E-state index in [1.807, 2.05) is 0 Å². The molecule has 1 radical (unpaired) electrons. The second-order valence-electron chi connectivity index (χ2n) is 20.7. The van der Waals surface area contributed by atoms with Gasteiger partial charge in [-0.05, 0) is 93.5 Å². The van der Waals surface area contributed by atoms with Crippen LogP contribution in [0.2, 0.25) is 0 Å². The molecule has 13 rings (SSSR count). The molecule has 64 heavy (non-hydrogen) atoms. The second kappa shape index (κ2) is 12.9. The Labute approximate surface area is 375 Å². The van der Waals surface area contributed by atoms with Gasteiger partial charge >= 0.3 is 0 Å². The summed E-state index contributed by atoms with van der Waals surface area (Å²) in [6.45, 7) is 16.9. The van der Waals surface area contributed by atoms with Crippen molar-refractivity contribution < 1.29 is 4.42 Å². The highest BCUT2D eigenvalue weighted by Crippen LogP contribution is 2.58. The molecule has 1 N–H and O–H groups in total. The van der Waals surface area contributed by atoms with Crippen LogP contribution in [0, 0.1) is 6.92 Å². The number of hydrogen-bond acceptors (Lipinski definition) is 2. The molecule has 3 nitrogen and oxygen atoms in total. The number of H-pyrrole nitrogens is 1. The van der Waals surface area contributed by atoms with E-state index >= 15 is 0 Å². The number of aromatic nitrogens is 1. The number of hydrogen-bond donors (Lipinski definition) is 1. The fraction of sp³-hybridized carbons (Fsp3) is 0.200. The number of furan rings is 1. The van der Waals surface area contributed by atoms with E-state index < -0.39 is 0 Å². The number of aromatic amines is 1. The largest absolute Gasteiger partial charge is 0.456 e. The summed E-state index contributed by atoms with van der Waals surface area (Å²) in [7, 11) is 2.57. The standard InChI is InChI=1S/C60H50BN2O/c1-34-24-27-47(42(30-34)35-16-9-8-10-17-35)63-48-33-50-51(40-20-13-14-23-49(40)64-50)52(41-22-15-21-38-39-26-25-36-18-11-12-19-37(36)54(39)62-55(38)41)53(48)61-57-56(63)43-31-45-46(32-44(43)60(57,6)7)59(4,5)29-28-58(45,2)3/h8-27,30-33,62H,28-29H2,1-7H3. The summed E-state index contributed by atoms with van der Waals surface area (Å²) >= 11 is 0. The van der Waals surface area contributed by atoms with Crippen LogP contribution < -0.4 is 10.4 Å². The molecular formula is C60H50BN2O. The van der Waals surface area contributed by atoms with Crippen LogP contribution in [0.15, 0.2) is 155 Å². The first kappa shape index (κ1) is 37.8. The van der Waals surface area contributed by atoms with Gasteiger partial charge in [0, 0.05) is 66.5 Å². The number of nitrogens with zero attached hydrogens (tertiary/aromatic N) is 1. The molecule has 0 fully saturated rings. The Bertz CT molecular complexity index is 3690. The fourth-order valence-corrected chi connectivity index (χ4v) is 12.0. The lowest BCUT2D eigenvalue weighted by Crippen LogP contribution is -2.38. The number of allylic oxidation sites excluding steroid dienone is 1. The molecule has 2 aromatic heterocycles. The summed E-state index contributed by atoms with van der Waals surface area (Å²) in [4.78, 5) is 6.66. The molecule has 0 saturated carbocycles. The van der Waals surface area contributed by atoms with E-state index in [1.165, 1.54) is 107 Å². The van der Waals surface area contributed by atoms with Crippen molar-refractivity contribution in [1.82, 2.24) is 4.98 Å². The number of nitrogens with one attached hydrogen (secondary N) is 1. The van der Waals surface area contributed by atoms with Crippen LogP contribution in [0.1, 0.15) is 82.2 Å². The Balaban J connectivity index is 1.18. The van der Waals surface area contributed by atoms with E-state index in [-0.39, 0.29) is 16.2 Å². The van der Waals surface area contributed by atoms with Gasteiger partial charge in [-0.1, -0.05) is 168 Å². The molecule has 2 aliphatic carbocycles. The summed E-state index contributed by atoms with van der Waals surface area (Å²) in [5, 5.41) is 7.19. The third kappa shape index (κ3) is 5.11. The number of fused-ring (bicyclic) bond motifs is 12. The van der Waals surface area contributed by atoms with E-state index in [1.54, 1.807) is 0 Å². The zero-order valence-electron chi connectivity index (χ0n) is 37.7. The molecule has 0 spiro atoms. The van der Waals surface area contributed by atoms with E-state index in [0.717, 1.165) is 38.8 Å². The van der Waals surface area contributed by atoms with Crippen molar-refractivity contribution in [1.29, 1.82) is 0 Å². The zero-order chi connectivity index (χ0) is 43.4. The molecule has 3 heterocycles. The van der Waals surface area contributed by atoms with Gasteiger partial charge in [0.1, 0.15) is 11.2 Å². The zero-order valence-corrected chi connectivity index (χ0v) is 37.7. The van der Waals surface area contributed by atoms with E-state index in [0.29, 0.717) is 0 Å². The lowest BCUT2D eigenvalue weighted by Gasteiger charge is -2.43. The van der Waals surface area contributed by atoms with Gasteiger partial charge in [0.2, 0.25) is 0 Å². The normalized spacial score (nSPS) is 17.0. The Morgan fingerprint density at radius 1 is 0.547 bits per heavy atom. The van der Waals surface area contributed by atoms with Gasteiger partial charge in [0.25, 0.3) is 0 Å². The first-order valence-corrected chi connectivity index (χ1v) is 23.1. The number of benzene rings is 8. The average Bonchev–Trinajstić information content (AvgIpc) is 3.94. The predicted molar refractivity (Wildman–Crippen MR) is 272 cm³/mol. The van der Waals surface area contributed by atoms with Crippen LogP contribution in [0.3, 0.4) is 0 Å². The SMILES string of the molecule is Cc1ccc(N2C3=C([B]c4c2cc2oc5ccccc5c2c4-c2cccc4c2[nH]c2c5ccccc5ccc42)C(C)(C)c2cc4c(cc23)C(C)(C)CCC4(C)C)c(-c2ccccc2)c1. The molecule has 0 bridgehead atoms. The molecule has 0 unspecified atom stereocenters. The minimum absolute atomic E-state index is 0.0602. The molecule has 3 aliphatic rings. The van der Waals surface area contributed by atoms with Crippen LogP contribution in [0.25, 0.3) is 82.5 Å². The average molecular weight is 826 g/mol. The van der Waals surface area contributed by atoms with Crippen molar-refractivity contribution >= 4 is 84.3 Å². The van der Waals surface area contributed by atoms with Crippen LogP contribution in [0.5, 0.6) is 0 Å². The highest BCUT2D eigenvalue weighted by Gasteiger charge is 2.48. The monoisotopic (exact) mass is 825 g/mol. The van der Waals surface area contributed by atoms with Gasteiger partial charge < -0.3 is 14.3 Å². The van der Waals surface area contributed by atoms with Crippen molar-refractivity contribution in [2.24, 2.45) is 0 Å². The number of rotatable bonds is 3. The molecule has 1 aliphatic heterocycles. The van der Waals surface area contributed by atoms with E-state index in [2.05, 4.69) is 211 Å². The lowest BCUT2D eigenvalue weighted by atomic mass is 9.51. The van der Waals surface area contributed by atoms with E-state index in [9.17, 15) is 0 Å². The summed E-state index contributed by atoms with van der Waals surface area (Å²) in [5.74, 6) is 0. The van der Waals surface area contributed by atoms with Crippen LogP contribution in [-0.2, 0) is 16.2 Å². The maximum absolute atomic E-state index is 7.01. The molecule has 0 saturated heterocycles. The van der Waals surface area contributed by atoms with Gasteiger partial charge in [-0.15, -0.1) is 0 Å². The minimum Gasteiger partial charge on any atom is -0.456 e. The summed E-state index contributed by atoms with van der Waals surface area (Å²) in [6.07, 6.45) is 2.34. The van der Waals surface area contributed by atoms with Gasteiger partial charge in [-0.25, -0.2) is 0 Å². The van der Waals surface area contributed by atoms with Crippen LogP contribution in [0.4, 0.5) is 11.4 Å². The molecule has 10 aromatic rings. The van der Waals surface area contributed by atoms with Crippen molar-refractivity contribution in [3.05, 3.63) is 179 Å². The fourth-order valence-electron chi connectivity index (χ4n) is 12.0. The molecule has 309 valence electrons. The Hall–Kier alpha value is -6.78.